The van der Waals surface area contributed by atoms with Crippen molar-refractivity contribution in [1.29, 1.82) is 0 Å². The minimum absolute atomic E-state index is 0.0965. The number of pyridine rings is 2. The molecule has 1 N–H and O–H groups in total. The Labute approximate surface area is 151 Å². The van der Waals surface area contributed by atoms with Gasteiger partial charge in [0, 0.05) is 22.1 Å². The first-order chi connectivity index (χ1) is 11.9. The van der Waals surface area contributed by atoms with Crippen LogP contribution in [0, 0.1) is 0 Å². The maximum atomic E-state index is 6.13. The molecule has 0 bridgehead atoms. The maximum Gasteiger partial charge on any atom is 0.140 e. The molecule has 4 aromatic rings. The van der Waals surface area contributed by atoms with Gasteiger partial charge in [-0.05, 0) is 51.1 Å². The lowest BCUT2D eigenvalue weighted by molar-refractivity contribution is 0.629. The summed E-state index contributed by atoms with van der Waals surface area (Å²) in [5, 5.41) is 5.30. The number of rotatable bonds is 2. The molecule has 25 heavy (non-hydrogen) atoms. The molecule has 0 saturated heterocycles. The molecule has 4 nitrogen and oxygen atoms in total. The van der Waals surface area contributed by atoms with Crippen LogP contribution in [0.2, 0.25) is 5.02 Å². The van der Waals surface area contributed by atoms with Crippen LogP contribution in [-0.4, -0.2) is 19.9 Å². The Kier molecular flexibility index (Phi) is 3.65. The van der Waals surface area contributed by atoms with Crippen LogP contribution in [-0.2, 0) is 0 Å². The van der Waals surface area contributed by atoms with Gasteiger partial charge in [0.2, 0.25) is 0 Å². The van der Waals surface area contributed by atoms with Gasteiger partial charge in [0.25, 0.3) is 0 Å². The number of halogens is 1. The largest absolute Gasteiger partial charge is 0.365 e. The number of hydrogen-bond acceptors (Lipinski definition) is 3. The van der Waals surface area contributed by atoms with Gasteiger partial charge in [0.15, 0.2) is 0 Å². The maximum absolute atomic E-state index is 6.13. The highest BCUT2D eigenvalue weighted by Gasteiger charge is 2.20. The molecule has 0 aliphatic heterocycles. The monoisotopic (exact) mass is 350 g/mol. The van der Waals surface area contributed by atoms with Crippen molar-refractivity contribution in [3.63, 3.8) is 0 Å². The zero-order valence-corrected chi connectivity index (χ0v) is 15.2. The molecule has 1 aromatic carbocycles. The highest BCUT2D eigenvalue weighted by atomic mass is 35.5. The Morgan fingerprint density at radius 1 is 1.00 bits per heavy atom. The second-order valence-electron chi connectivity index (χ2n) is 7.15. The summed E-state index contributed by atoms with van der Waals surface area (Å²) in [5.74, 6) is 0.942. The summed E-state index contributed by atoms with van der Waals surface area (Å²) in [4.78, 5) is 9.59. The van der Waals surface area contributed by atoms with E-state index < -0.39 is 0 Å². The van der Waals surface area contributed by atoms with Crippen molar-refractivity contribution in [3.05, 3.63) is 59.8 Å². The van der Waals surface area contributed by atoms with E-state index in [-0.39, 0.29) is 5.54 Å². The van der Waals surface area contributed by atoms with E-state index in [1.807, 2.05) is 48.7 Å². The minimum Gasteiger partial charge on any atom is -0.365 e. The second kappa shape index (κ2) is 5.74. The van der Waals surface area contributed by atoms with Crippen LogP contribution >= 0.6 is 11.6 Å². The third kappa shape index (κ3) is 3.05. The number of nitrogens with one attached hydrogen (secondary N) is 1. The molecule has 0 aliphatic carbocycles. The fourth-order valence-corrected chi connectivity index (χ4v) is 3.04. The molecule has 126 valence electrons. The highest BCUT2D eigenvalue weighted by Crippen LogP contribution is 2.31. The van der Waals surface area contributed by atoms with Crippen molar-refractivity contribution in [3.8, 4) is 11.4 Å². The number of benzene rings is 1. The lowest BCUT2D eigenvalue weighted by Crippen LogP contribution is -2.27. The quantitative estimate of drug-likeness (QED) is 0.525. The van der Waals surface area contributed by atoms with Crippen molar-refractivity contribution < 1.29 is 0 Å². The first kappa shape index (κ1) is 15.9. The van der Waals surface area contributed by atoms with Gasteiger partial charge in [-0.25, -0.2) is 9.97 Å². The summed E-state index contributed by atoms with van der Waals surface area (Å²) in [5.41, 5.74) is 3.31. The summed E-state index contributed by atoms with van der Waals surface area (Å²) in [6, 6.07) is 15.8. The van der Waals surface area contributed by atoms with E-state index in [4.69, 9.17) is 21.6 Å². The molecule has 0 atom stereocenters. The number of aromatic nitrogens is 3. The number of hydrogen-bond donors (Lipinski definition) is 1. The Morgan fingerprint density at radius 2 is 1.80 bits per heavy atom. The van der Waals surface area contributed by atoms with Crippen LogP contribution in [0.3, 0.4) is 0 Å². The van der Waals surface area contributed by atoms with Crippen LogP contribution in [0.4, 0.5) is 5.82 Å². The minimum atomic E-state index is -0.0965. The molecule has 0 fully saturated rings. The SMILES string of the molecule is CC(C)(C)Nc1c(-c2ccc3ccc(Cl)cc3n2)nc2ccccn12. The van der Waals surface area contributed by atoms with Gasteiger partial charge in [-0.15, -0.1) is 0 Å². The van der Waals surface area contributed by atoms with E-state index in [1.165, 1.54) is 0 Å². The van der Waals surface area contributed by atoms with Gasteiger partial charge in [-0.1, -0.05) is 29.8 Å². The predicted octanol–water partition coefficient (Wildman–Crippen LogP) is 5.41. The highest BCUT2D eigenvalue weighted by molar-refractivity contribution is 6.31. The van der Waals surface area contributed by atoms with Crippen LogP contribution in [0.1, 0.15) is 20.8 Å². The van der Waals surface area contributed by atoms with Crippen LogP contribution < -0.4 is 5.32 Å². The van der Waals surface area contributed by atoms with Gasteiger partial charge in [-0.3, -0.25) is 4.40 Å². The van der Waals surface area contributed by atoms with Gasteiger partial charge < -0.3 is 5.32 Å². The van der Waals surface area contributed by atoms with E-state index in [2.05, 4.69) is 36.6 Å². The third-order valence-electron chi connectivity index (χ3n) is 3.92. The van der Waals surface area contributed by atoms with Crippen molar-refractivity contribution in [2.24, 2.45) is 0 Å². The fourth-order valence-electron chi connectivity index (χ4n) is 2.87. The average Bonchev–Trinajstić information content (AvgIpc) is 2.91. The molecule has 4 rings (SSSR count). The van der Waals surface area contributed by atoms with Crippen molar-refractivity contribution in [2.45, 2.75) is 26.3 Å². The zero-order valence-electron chi connectivity index (χ0n) is 14.4. The summed E-state index contributed by atoms with van der Waals surface area (Å²) in [7, 11) is 0. The molecule has 0 amide bonds. The Morgan fingerprint density at radius 3 is 2.60 bits per heavy atom. The average molecular weight is 351 g/mol. The van der Waals surface area contributed by atoms with Crippen LogP contribution in [0.5, 0.6) is 0 Å². The Bertz CT molecular complexity index is 1080. The van der Waals surface area contributed by atoms with E-state index in [9.17, 15) is 0 Å². The zero-order chi connectivity index (χ0) is 17.6. The van der Waals surface area contributed by atoms with Gasteiger partial charge in [0.05, 0.1) is 11.2 Å². The molecule has 0 unspecified atom stereocenters. The van der Waals surface area contributed by atoms with Crippen molar-refractivity contribution in [1.82, 2.24) is 14.4 Å². The summed E-state index contributed by atoms with van der Waals surface area (Å²) < 4.78 is 2.06. The number of anilines is 1. The van der Waals surface area contributed by atoms with Crippen molar-refractivity contribution in [2.75, 3.05) is 5.32 Å². The molecular formula is C20H19ClN4. The van der Waals surface area contributed by atoms with E-state index in [0.717, 1.165) is 33.8 Å². The normalized spacial score (nSPS) is 12.0. The standard InChI is InChI=1S/C20H19ClN4/c1-20(2,3)24-19-18(23-17-6-4-5-11-25(17)19)15-10-8-13-7-9-14(21)12-16(13)22-15/h4-12,24H,1-3H3. The van der Waals surface area contributed by atoms with E-state index in [0.29, 0.717) is 5.02 Å². The molecule has 3 heterocycles. The molecule has 3 aromatic heterocycles. The molecular weight excluding hydrogens is 332 g/mol. The Balaban J connectivity index is 1.95. The summed E-state index contributed by atoms with van der Waals surface area (Å²) >= 11 is 6.13. The van der Waals surface area contributed by atoms with Gasteiger partial charge in [0.1, 0.15) is 17.2 Å². The van der Waals surface area contributed by atoms with Crippen LogP contribution in [0.15, 0.2) is 54.7 Å². The number of fused-ring (bicyclic) bond motifs is 2. The second-order valence-corrected chi connectivity index (χ2v) is 7.58. The fraction of sp³-hybridized carbons (Fsp3) is 0.200. The van der Waals surface area contributed by atoms with Crippen LogP contribution in [0.25, 0.3) is 27.9 Å². The topological polar surface area (TPSA) is 42.2 Å². The lowest BCUT2D eigenvalue weighted by Gasteiger charge is -2.22. The Hall–Kier alpha value is -2.59. The first-order valence-corrected chi connectivity index (χ1v) is 8.60. The smallest absolute Gasteiger partial charge is 0.140 e. The molecule has 0 aliphatic rings. The predicted molar refractivity (Wildman–Crippen MR) is 104 cm³/mol. The molecule has 0 spiro atoms. The number of nitrogens with zero attached hydrogens (tertiary/aromatic N) is 3. The number of imidazole rings is 1. The summed E-state index contributed by atoms with van der Waals surface area (Å²) in [6.45, 7) is 6.39. The first-order valence-electron chi connectivity index (χ1n) is 8.23. The van der Waals surface area contributed by atoms with E-state index in [1.54, 1.807) is 0 Å². The van der Waals surface area contributed by atoms with Gasteiger partial charge in [-0.2, -0.15) is 0 Å². The van der Waals surface area contributed by atoms with E-state index >= 15 is 0 Å². The molecule has 0 saturated carbocycles. The van der Waals surface area contributed by atoms with Crippen molar-refractivity contribution >= 4 is 34.0 Å². The molecule has 5 heteroatoms. The molecule has 0 radical (unpaired) electrons. The third-order valence-corrected chi connectivity index (χ3v) is 4.16. The summed E-state index contributed by atoms with van der Waals surface area (Å²) in [6.07, 6.45) is 2.01. The van der Waals surface area contributed by atoms with Gasteiger partial charge >= 0.3 is 0 Å². The lowest BCUT2D eigenvalue weighted by atomic mass is 10.1.